The van der Waals surface area contributed by atoms with E-state index in [1.165, 1.54) is 23.5 Å². The topological polar surface area (TPSA) is 26.0 Å². The second-order valence-corrected chi connectivity index (χ2v) is 5.67. The van der Waals surface area contributed by atoms with Gasteiger partial charge in [0.15, 0.2) is 0 Å². The van der Waals surface area contributed by atoms with Crippen LogP contribution >= 0.6 is 11.3 Å². The van der Waals surface area contributed by atoms with Crippen LogP contribution < -0.4 is 5.73 Å². The van der Waals surface area contributed by atoms with Crippen molar-refractivity contribution < 1.29 is 13.2 Å². The maximum atomic E-state index is 12.5. The molecule has 0 aliphatic rings. The molecule has 0 aliphatic heterocycles. The summed E-state index contributed by atoms with van der Waals surface area (Å²) < 4.78 is 38.2. The van der Waals surface area contributed by atoms with Crippen LogP contribution in [0.3, 0.4) is 0 Å². The minimum absolute atomic E-state index is 0.526. The molecule has 0 atom stereocenters. The molecule has 2 aromatic rings. The normalized spacial score (nSPS) is 13.3. The third-order valence-electron chi connectivity index (χ3n) is 2.48. The number of nitrogens with two attached hydrogens (primary N) is 1. The summed E-state index contributed by atoms with van der Waals surface area (Å²) in [7, 11) is 0. The average molecular weight is 259 g/mol. The molecule has 5 heteroatoms. The van der Waals surface area contributed by atoms with Gasteiger partial charge in [0.05, 0.1) is 5.56 Å². The van der Waals surface area contributed by atoms with E-state index in [0.717, 1.165) is 16.3 Å². The number of alkyl halides is 3. The number of rotatable bonds is 1. The van der Waals surface area contributed by atoms with Crippen molar-refractivity contribution in [3.8, 4) is 0 Å². The molecule has 92 valence electrons. The lowest BCUT2D eigenvalue weighted by Gasteiger charge is -2.15. The third kappa shape index (κ3) is 2.45. The third-order valence-corrected chi connectivity index (χ3v) is 3.92. The van der Waals surface area contributed by atoms with E-state index < -0.39 is 17.3 Å². The molecule has 0 bridgehead atoms. The van der Waals surface area contributed by atoms with Gasteiger partial charge in [0.25, 0.3) is 0 Å². The van der Waals surface area contributed by atoms with Gasteiger partial charge in [0.1, 0.15) is 0 Å². The van der Waals surface area contributed by atoms with Crippen LogP contribution in [0.5, 0.6) is 0 Å². The number of halogens is 3. The summed E-state index contributed by atoms with van der Waals surface area (Å²) in [5.74, 6) is 0. The van der Waals surface area contributed by atoms with E-state index in [0.29, 0.717) is 4.70 Å². The molecule has 0 saturated carbocycles. The van der Waals surface area contributed by atoms with Gasteiger partial charge >= 0.3 is 6.18 Å². The van der Waals surface area contributed by atoms with Crippen molar-refractivity contribution in [2.45, 2.75) is 25.6 Å². The monoisotopic (exact) mass is 259 g/mol. The van der Waals surface area contributed by atoms with Gasteiger partial charge in [-0.1, -0.05) is 6.07 Å². The second kappa shape index (κ2) is 3.71. The lowest BCUT2D eigenvalue weighted by atomic mass is 10.0. The molecule has 2 N–H and O–H groups in total. The number of hydrogen-bond acceptors (Lipinski definition) is 2. The van der Waals surface area contributed by atoms with Crippen molar-refractivity contribution in [1.29, 1.82) is 0 Å². The summed E-state index contributed by atoms with van der Waals surface area (Å²) in [6.45, 7) is 3.67. The minimum Gasteiger partial charge on any atom is -0.321 e. The van der Waals surface area contributed by atoms with E-state index in [1.807, 2.05) is 19.9 Å². The summed E-state index contributed by atoms with van der Waals surface area (Å²) in [5, 5.41) is 0.802. The number of hydrogen-bond donors (Lipinski definition) is 1. The Morgan fingerprint density at radius 1 is 1.12 bits per heavy atom. The summed E-state index contributed by atoms with van der Waals surface area (Å²) >= 11 is 1.31. The quantitative estimate of drug-likeness (QED) is 0.819. The molecule has 0 fully saturated rings. The van der Waals surface area contributed by atoms with E-state index in [-0.39, 0.29) is 0 Å². The number of fused-ring (bicyclic) bond motifs is 1. The first-order chi connectivity index (χ1) is 7.68. The summed E-state index contributed by atoms with van der Waals surface area (Å²) in [6, 6.07) is 5.61. The second-order valence-electron chi connectivity index (χ2n) is 4.58. The van der Waals surface area contributed by atoms with Gasteiger partial charge in [0, 0.05) is 15.1 Å². The minimum atomic E-state index is -4.30. The summed E-state index contributed by atoms with van der Waals surface area (Å²) in [5.41, 5.74) is 4.79. The predicted molar refractivity (Wildman–Crippen MR) is 64.0 cm³/mol. The average Bonchev–Trinajstić information content (AvgIpc) is 2.57. The highest BCUT2D eigenvalue weighted by Crippen LogP contribution is 2.36. The number of thiophene rings is 1. The molecular formula is C12H12F3NS. The van der Waals surface area contributed by atoms with Crippen molar-refractivity contribution in [3.63, 3.8) is 0 Å². The predicted octanol–water partition coefficient (Wildman–Crippen LogP) is 4.11. The van der Waals surface area contributed by atoms with Crippen LogP contribution in [0.4, 0.5) is 13.2 Å². The molecule has 1 aromatic carbocycles. The SMILES string of the molecule is CC(C)(N)c1cc2ccc(C(F)(F)F)cc2s1. The molecular weight excluding hydrogens is 247 g/mol. The molecule has 0 amide bonds. The Bertz CT molecular complexity index is 537. The molecule has 0 spiro atoms. The van der Waals surface area contributed by atoms with E-state index >= 15 is 0 Å². The highest BCUT2D eigenvalue weighted by Gasteiger charge is 2.30. The van der Waals surface area contributed by atoms with Crippen molar-refractivity contribution in [3.05, 3.63) is 34.7 Å². The van der Waals surface area contributed by atoms with E-state index in [4.69, 9.17) is 5.73 Å². The molecule has 0 radical (unpaired) electrons. The van der Waals surface area contributed by atoms with E-state index in [2.05, 4.69) is 0 Å². The van der Waals surface area contributed by atoms with Crippen molar-refractivity contribution in [2.75, 3.05) is 0 Å². The highest BCUT2D eigenvalue weighted by atomic mass is 32.1. The number of benzene rings is 1. The zero-order chi connectivity index (χ0) is 12.8. The molecule has 0 unspecified atom stereocenters. The Kier molecular flexibility index (Phi) is 2.71. The first-order valence-electron chi connectivity index (χ1n) is 5.08. The van der Waals surface area contributed by atoms with Crippen LogP contribution in [0.1, 0.15) is 24.3 Å². The van der Waals surface area contributed by atoms with Gasteiger partial charge in [-0.15, -0.1) is 11.3 Å². The Balaban J connectivity index is 2.56. The molecule has 1 aromatic heterocycles. The molecule has 2 rings (SSSR count). The Labute approximate surface area is 101 Å². The van der Waals surface area contributed by atoms with Gasteiger partial charge < -0.3 is 5.73 Å². The zero-order valence-electron chi connectivity index (χ0n) is 9.43. The first kappa shape index (κ1) is 12.4. The summed E-state index contributed by atoms with van der Waals surface area (Å²) in [4.78, 5) is 0.881. The van der Waals surface area contributed by atoms with Crippen LogP contribution in [0.15, 0.2) is 24.3 Å². The lowest BCUT2D eigenvalue weighted by molar-refractivity contribution is -0.137. The van der Waals surface area contributed by atoms with Crippen molar-refractivity contribution in [2.24, 2.45) is 5.73 Å². The smallest absolute Gasteiger partial charge is 0.321 e. The van der Waals surface area contributed by atoms with Gasteiger partial charge in [-0.3, -0.25) is 0 Å². The van der Waals surface area contributed by atoms with Crippen LogP contribution in [0.25, 0.3) is 10.1 Å². The van der Waals surface area contributed by atoms with Crippen LogP contribution in [0.2, 0.25) is 0 Å². The Hall–Kier alpha value is -1.07. The standard InChI is InChI=1S/C12H12F3NS/c1-11(2,16)10-5-7-3-4-8(12(13,14)15)6-9(7)17-10/h3-6H,16H2,1-2H3. The molecule has 0 aliphatic carbocycles. The maximum Gasteiger partial charge on any atom is 0.416 e. The van der Waals surface area contributed by atoms with Crippen LogP contribution in [-0.2, 0) is 11.7 Å². The molecule has 1 heterocycles. The van der Waals surface area contributed by atoms with Crippen LogP contribution in [0, 0.1) is 0 Å². The fourth-order valence-corrected chi connectivity index (χ4v) is 2.64. The zero-order valence-corrected chi connectivity index (χ0v) is 10.2. The van der Waals surface area contributed by atoms with Crippen LogP contribution in [-0.4, -0.2) is 0 Å². The fourth-order valence-electron chi connectivity index (χ4n) is 1.53. The van der Waals surface area contributed by atoms with E-state index in [9.17, 15) is 13.2 Å². The first-order valence-corrected chi connectivity index (χ1v) is 5.90. The van der Waals surface area contributed by atoms with Gasteiger partial charge in [-0.05, 0) is 37.4 Å². The van der Waals surface area contributed by atoms with Crippen molar-refractivity contribution >= 4 is 21.4 Å². The molecule has 17 heavy (non-hydrogen) atoms. The van der Waals surface area contributed by atoms with Gasteiger partial charge in [0.2, 0.25) is 0 Å². The molecule has 0 saturated heterocycles. The Morgan fingerprint density at radius 2 is 1.76 bits per heavy atom. The summed E-state index contributed by atoms with van der Waals surface area (Å²) in [6.07, 6.45) is -4.30. The lowest BCUT2D eigenvalue weighted by Crippen LogP contribution is -2.27. The fraction of sp³-hybridized carbons (Fsp3) is 0.333. The maximum absolute atomic E-state index is 12.5. The van der Waals surface area contributed by atoms with Crippen molar-refractivity contribution in [1.82, 2.24) is 0 Å². The molecule has 1 nitrogen and oxygen atoms in total. The van der Waals surface area contributed by atoms with E-state index in [1.54, 1.807) is 0 Å². The van der Waals surface area contributed by atoms with Gasteiger partial charge in [-0.25, -0.2) is 0 Å². The highest BCUT2D eigenvalue weighted by molar-refractivity contribution is 7.19. The van der Waals surface area contributed by atoms with Gasteiger partial charge in [-0.2, -0.15) is 13.2 Å². The Morgan fingerprint density at radius 3 is 2.29 bits per heavy atom. The largest absolute Gasteiger partial charge is 0.416 e.